The first-order valence-corrected chi connectivity index (χ1v) is 2.50. The predicted molar refractivity (Wildman–Crippen MR) is 30.9 cm³/mol. The van der Waals surface area contributed by atoms with E-state index in [4.69, 9.17) is 4.74 Å². The number of dihydropyridines is 1. The van der Waals surface area contributed by atoms with Gasteiger partial charge in [-0.3, -0.25) is 0 Å². The second-order valence-corrected chi connectivity index (χ2v) is 1.46. The standard InChI is InChI=1S/C6H8NO/c1-8-6-4-2-3-5-7-6/h2-3,7H,5H2,1H3. The molecule has 0 aromatic heterocycles. The molecule has 0 aliphatic carbocycles. The molecule has 0 saturated heterocycles. The molecule has 0 unspecified atom stereocenters. The van der Waals surface area contributed by atoms with Gasteiger partial charge in [-0.2, -0.15) is 0 Å². The largest absolute Gasteiger partial charge is 0.482 e. The van der Waals surface area contributed by atoms with Crippen molar-refractivity contribution in [2.24, 2.45) is 0 Å². The van der Waals surface area contributed by atoms with Crippen LogP contribution in [0.3, 0.4) is 0 Å². The van der Waals surface area contributed by atoms with Crippen LogP contribution >= 0.6 is 0 Å². The van der Waals surface area contributed by atoms with Crippen molar-refractivity contribution in [1.82, 2.24) is 5.32 Å². The molecular weight excluding hydrogens is 102 g/mol. The first-order valence-electron chi connectivity index (χ1n) is 2.50. The van der Waals surface area contributed by atoms with E-state index in [0.29, 0.717) is 5.88 Å². The fourth-order valence-corrected chi connectivity index (χ4v) is 0.527. The van der Waals surface area contributed by atoms with Crippen LogP contribution in [0.25, 0.3) is 0 Å². The van der Waals surface area contributed by atoms with Crippen molar-refractivity contribution in [3.8, 4) is 0 Å². The van der Waals surface area contributed by atoms with Crippen molar-refractivity contribution in [3.63, 3.8) is 0 Å². The Labute approximate surface area is 48.8 Å². The van der Waals surface area contributed by atoms with Gasteiger partial charge in [0, 0.05) is 12.6 Å². The highest BCUT2D eigenvalue weighted by atomic mass is 16.5. The summed E-state index contributed by atoms with van der Waals surface area (Å²) < 4.78 is 4.83. The topological polar surface area (TPSA) is 21.3 Å². The van der Waals surface area contributed by atoms with Crippen LogP contribution < -0.4 is 5.32 Å². The Morgan fingerprint density at radius 1 is 1.88 bits per heavy atom. The van der Waals surface area contributed by atoms with Gasteiger partial charge in [-0.15, -0.1) is 0 Å². The summed E-state index contributed by atoms with van der Waals surface area (Å²) >= 11 is 0. The van der Waals surface area contributed by atoms with Crippen molar-refractivity contribution in [1.29, 1.82) is 0 Å². The van der Waals surface area contributed by atoms with Crippen LogP contribution in [0.2, 0.25) is 0 Å². The number of methoxy groups -OCH3 is 1. The molecule has 8 heavy (non-hydrogen) atoms. The Hall–Kier alpha value is -0.920. The fraction of sp³-hybridized carbons (Fsp3) is 0.333. The Morgan fingerprint density at radius 3 is 3.12 bits per heavy atom. The number of nitrogens with one attached hydrogen (secondary N) is 1. The van der Waals surface area contributed by atoms with Crippen LogP contribution in [-0.2, 0) is 4.74 Å². The van der Waals surface area contributed by atoms with Gasteiger partial charge in [-0.05, 0) is 0 Å². The van der Waals surface area contributed by atoms with E-state index in [0.717, 1.165) is 6.54 Å². The summed E-state index contributed by atoms with van der Waals surface area (Å²) in [4.78, 5) is 0. The molecule has 0 saturated carbocycles. The first kappa shape index (κ1) is 5.22. The maximum absolute atomic E-state index is 4.83. The molecule has 0 bridgehead atoms. The average Bonchev–Trinajstić information content (AvgIpc) is 1.90. The predicted octanol–water partition coefficient (Wildman–Crippen LogP) is 0.437. The number of ether oxygens (including phenoxy) is 1. The second kappa shape index (κ2) is 2.40. The van der Waals surface area contributed by atoms with E-state index < -0.39 is 0 Å². The zero-order valence-electron chi connectivity index (χ0n) is 4.77. The van der Waals surface area contributed by atoms with Gasteiger partial charge in [0.15, 0.2) is 5.88 Å². The van der Waals surface area contributed by atoms with E-state index in [9.17, 15) is 0 Å². The maximum atomic E-state index is 4.83. The molecule has 2 heteroatoms. The summed E-state index contributed by atoms with van der Waals surface area (Å²) in [5.74, 6) is 0.715. The lowest BCUT2D eigenvalue weighted by Gasteiger charge is -2.07. The molecule has 1 N–H and O–H groups in total. The van der Waals surface area contributed by atoms with Gasteiger partial charge < -0.3 is 10.1 Å². The molecule has 2 nitrogen and oxygen atoms in total. The molecule has 0 aromatic carbocycles. The van der Waals surface area contributed by atoms with E-state index in [1.807, 2.05) is 12.2 Å². The Kier molecular flexibility index (Phi) is 1.57. The number of rotatable bonds is 1. The minimum atomic E-state index is 0.715. The van der Waals surface area contributed by atoms with Gasteiger partial charge in [0.05, 0.1) is 7.11 Å². The van der Waals surface area contributed by atoms with Crippen molar-refractivity contribution in [2.75, 3.05) is 13.7 Å². The molecule has 1 heterocycles. The summed E-state index contributed by atoms with van der Waals surface area (Å²) in [6.45, 7) is 0.843. The Balaban J connectivity index is 2.50. The summed E-state index contributed by atoms with van der Waals surface area (Å²) in [7, 11) is 1.62. The SMILES string of the molecule is COC1=[C]C=CCN1. The van der Waals surface area contributed by atoms with Crippen molar-refractivity contribution < 1.29 is 4.74 Å². The van der Waals surface area contributed by atoms with Gasteiger partial charge in [0.25, 0.3) is 0 Å². The lowest BCUT2D eigenvalue weighted by atomic mass is 10.4. The fourth-order valence-electron chi connectivity index (χ4n) is 0.527. The number of hydrogen-bond donors (Lipinski definition) is 1. The molecule has 1 aliphatic heterocycles. The van der Waals surface area contributed by atoms with E-state index in [-0.39, 0.29) is 0 Å². The van der Waals surface area contributed by atoms with Crippen LogP contribution in [0.4, 0.5) is 0 Å². The monoisotopic (exact) mass is 110 g/mol. The van der Waals surface area contributed by atoms with Gasteiger partial charge in [-0.1, -0.05) is 12.2 Å². The molecule has 0 fully saturated rings. The minimum Gasteiger partial charge on any atom is -0.482 e. The van der Waals surface area contributed by atoms with Crippen LogP contribution in [0.15, 0.2) is 18.0 Å². The van der Waals surface area contributed by atoms with Crippen molar-refractivity contribution in [2.45, 2.75) is 0 Å². The van der Waals surface area contributed by atoms with Crippen LogP contribution in [0.5, 0.6) is 0 Å². The zero-order valence-corrected chi connectivity index (χ0v) is 4.77. The third kappa shape index (κ3) is 1.03. The summed E-state index contributed by atoms with van der Waals surface area (Å²) in [5.41, 5.74) is 0. The minimum absolute atomic E-state index is 0.715. The van der Waals surface area contributed by atoms with Crippen LogP contribution in [0, 0.1) is 6.08 Å². The van der Waals surface area contributed by atoms with Gasteiger partial charge in [-0.25, -0.2) is 0 Å². The summed E-state index contributed by atoms with van der Waals surface area (Å²) in [5, 5.41) is 2.97. The highest BCUT2D eigenvalue weighted by Gasteiger charge is 1.93. The average molecular weight is 110 g/mol. The Bertz CT molecular complexity index is 126. The van der Waals surface area contributed by atoms with Gasteiger partial charge in [0.1, 0.15) is 0 Å². The van der Waals surface area contributed by atoms with Crippen LogP contribution in [0.1, 0.15) is 0 Å². The molecule has 0 amide bonds. The molecule has 0 atom stereocenters. The molecule has 0 aromatic rings. The van der Waals surface area contributed by atoms with E-state index in [2.05, 4.69) is 11.4 Å². The maximum Gasteiger partial charge on any atom is 0.194 e. The van der Waals surface area contributed by atoms with Gasteiger partial charge >= 0.3 is 0 Å². The number of allylic oxidation sites excluding steroid dienone is 2. The zero-order chi connectivity index (χ0) is 5.82. The molecule has 1 aliphatic rings. The lowest BCUT2D eigenvalue weighted by molar-refractivity contribution is 0.261. The smallest absolute Gasteiger partial charge is 0.194 e. The van der Waals surface area contributed by atoms with Crippen molar-refractivity contribution in [3.05, 3.63) is 24.1 Å². The van der Waals surface area contributed by atoms with Crippen LogP contribution in [-0.4, -0.2) is 13.7 Å². The third-order valence-electron chi connectivity index (χ3n) is 0.917. The molecular formula is C6H8NO. The first-order chi connectivity index (χ1) is 3.93. The Morgan fingerprint density at radius 2 is 2.75 bits per heavy atom. The lowest BCUT2D eigenvalue weighted by Crippen LogP contribution is -2.16. The van der Waals surface area contributed by atoms with E-state index in [1.165, 1.54) is 0 Å². The second-order valence-electron chi connectivity index (χ2n) is 1.46. The van der Waals surface area contributed by atoms with E-state index in [1.54, 1.807) is 7.11 Å². The quantitative estimate of drug-likeness (QED) is 0.528. The van der Waals surface area contributed by atoms with E-state index >= 15 is 0 Å². The normalized spacial score (nSPS) is 16.9. The highest BCUT2D eigenvalue weighted by Crippen LogP contribution is 1.92. The van der Waals surface area contributed by atoms with Gasteiger partial charge in [0.2, 0.25) is 0 Å². The van der Waals surface area contributed by atoms with Crippen molar-refractivity contribution >= 4 is 0 Å². The molecule has 1 radical (unpaired) electrons. The highest BCUT2D eigenvalue weighted by molar-refractivity contribution is 5.05. The summed E-state index contributed by atoms with van der Waals surface area (Å²) in [6, 6.07) is 0. The molecule has 1 rings (SSSR count). The molecule has 43 valence electrons. The third-order valence-corrected chi connectivity index (χ3v) is 0.917. The number of hydrogen-bond acceptors (Lipinski definition) is 2. The summed E-state index contributed by atoms with van der Waals surface area (Å²) in [6.07, 6.45) is 6.69. The molecule has 0 spiro atoms.